The van der Waals surface area contributed by atoms with E-state index in [-0.39, 0.29) is 18.5 Å². The summed E-state index contributed by atoms with van der Waals surface area (Å²) < 4.78 is 0. The SMILES string of the molecule is CC(C)NC(=O)CNc1cnc(N)cn1. The van der Waals surface area contributed by atoms with Gasteiger partial charge in [0.25, 0.3) is 0 Å². The highest BCUT2D eigenvalue weighted by molar-refractivity contribution is 5.80. The predicted molar refractivity (Wildman–Crippen MR) is 58.2 cm³/mol. The van der Waals surface area contributed by atoms with Gasteiger partial charge in [0.15, 0.2) is 0 Å². The van der Waals surface area contributed by atoms with Crippen LogP contribution in [-0.2, 0) is 4.79 Å². The van der Waals surface area contributed by atoms with Gasteiger partial charge < -0.3 is 16.4 Å². The van der Waals surface area contributed by atoms with E-state index in [9.17, 15) is 4.79 Å². The number of rotatable bonds is 4. The van der Waals surface area contributed by atoms with Crippen LogP contribution in [0.4, 0.5) is 11.6 Å². The Bertz CT molecular complexity index is 322. The molecule has 0 aliphatic heterocycles. The van der Waals surface area contributed by atoms with Crippen molar-refractivity contribution in [1.29, 1.82) is 0 Å². The second-order valence-electron chi connectivity index (χ2n) is 3.40. The molecule has 0 unspecified atom stereocenters. The lowest BCUT2D eigenvalue weighted by atomic mass is 10.4. The third-order valence-electron chi connectivity index (χ3n) is 1.55. The zero-order valence-corrected chi connectivity index (χ0v) is 8.82. The third-order valence-corrected chi connectivity index (χ3v) is 1.55. The number of nitrogens with two attached hydrogens (primary N) is 1. The number of aromatic nitrogens is 2. The summed E-state index contributed by atoms with van der Waals surface area (Å²) in [5, 5.41) is 5.59. The summed E-state index contributed by atoms with van der Waals surface area (Å²) in [6.45, 7) is 3.98. The molecule has 0 aliphatic rings. The minimum absolute atomic E-state index is 0.0800. The Kier molecular flexibility index (Phi) is 3.84. The van der Waals surface area contributed by atoms with E-state index in [1.54, 1.807) is 0 Å². The van der Waals surface area contributed by atoms with Crippen LogP contribution in [0.1, 0.15) is 13.8 Å². The quantitative estimate of drug-likeness (QED) is 0.648. The molecule has 0 radical (unpaired) electrons. The van der Waals surface area contributed by atoms with Gasteiger partial charge in [-0.2, -0.15) is 0 Å². The molecule has 1 heterocycles. The zero-order valence-electron chi connectivity index (χ0n) is 8.82. The normalized spacial score (nSPS) is 10.1. The number of carbonyl (C=O) groups is 1. The van der Waals surface area contributed by atoms with Crippen molar-refractivity contribution >= 4 is 17.5 Å². The van der Waals surface area contributed by atoms with Crippen LogP contribution in [0.3, 0.4) is 0 Å². The Morgan fingerprint density at radius 3 is 2.73 bits per heavy atom. The van der Waals surface area contributed by atoms with Crippen molar-refractivity contribution in [2.75, 3.05) is 17.6 Å². The third kappa shape index (κ3) is 4.26. The molecule has 0 saturated heterocycles. The first kappa shape index (κ1) is 11.2. The van der Waals surface area contributed by atoms with Crippen molar-refractivity contribution in [2.24, 2.45) is 0 Å². The molecule has 1 rings (SSSR count). The molecular formula is C9H15N5O. The van der Waals surface area contributed by atoms with Crippen LogP contribution in [0.15, 0.2) is 12.4 Å². The number of hydrogen-bond donors (Lipinski definition) is 3. The lowest BCUT2D eigenvalue weighted by Gasteiger charge is -2.09. The number of anilines is 2. The largest absolute Gasteiger partial charge is 0.382 e. The van der Waals surface area contributed by atoms with Crippen LogP contribution >= 0.6 is 0 Å². The van der Waals surface area contributed by atoms with Crippen LogP contribution in [0.2, 0.25) is 0 Å². The maximum atomic E-state index is 11.2. The number of carbonyl (C=O) groups excluding carboxylic acids is 1. The van der Waals surface area contributed by atoms with Crippen molar-refractivity contribution in [3.8, 4) is 0 Å². The maximum Gasteiger partial charge on any atom is 0.239 e. The van der Waals surface area contributed by atoms with Crippen molar-refractivity contribution in [3.05, 3.63) is 12.4 Å². The van der Waals surface area contributed by atoms with Gasteiger partial charge in [-0.05, 0) is 13.8 Å². The summed E-state index contributed by atoms with van der Waals surface area (Å²) >= 11 is 0. The smallest absolute Gasteiger partial charge is 0.239 e. The van der Waals surface area contributed by atoms with E-state index in [4.69, 9.17) is 5.73 Å². The zero-order chi connectivity index (χ0) is 11.3. The molecule has 15 heavy (non-hydrogen) atoms. The van der Waals surface area contributed by atoms with E-state index in [1.165, 1.54) is 12.4 Å². The van der Waals surface area contributed by atoms with Crippen molar-refractivity contribution in [1.82, 2.24) is 15.3 Å². The van der Waals surface area contributed by atoms with E-state index in [1.807, 2.05) is 13.8 Å². The first-order chi connectivity index (χ1) is 7.08. The van der Waals surface area contributed by atoms with Gasteiger partial charge in [0.05, 0.1) is 18.9 Å². The molecule has 4 N–H and O–H groups in total. The Morgan fingerprint density at radius 1 is 1.47 bits per heavy atom. The Balaban J connectivity index is 2.37. The molecule has 1 amide bonds. The van der Waals surface area contributed by atoms with Crippen LogP contribution < -0.4 is 16.4 Å². The summed E-state index contributed by atoms with van der Waals surface area (Å²) in [5.41, 5.74) is 5.37. The summed E-state index contributed by atoms with van der Waals surface area (Å²) in [6, 6.07) is 0.136. The topological polar surface area (TPSA) is 92.9 Å². The maximum absolute atomic E-state index is 11.2. The number of nitrogen functional groups attached to an aromatic ring is 1. The van der Waals surface area contributed by atoms with Gasteiger partial charge in [-0.3, -0.25) is 4.79 Å². The first-order valence-electron chi connectivity index (χ1n) is 4.68. The number of hydrogen-bond acceptors (Lipinski definition) is 5. The summed E-state index contributed by atoms with van der Waals surface area (Å²) in [7, 11) is 0. The van der Waals surface area contributed by atoms with Crippen molar-refractivity contribution in [3.63, 3.8) is 0 Å². The number of nitrogens with one attached hydrogen (secondary N) is 2. The van der Waals surface area contributed by atoms with Crippen LogP contribution in [-0.4, -0.2) is 28.5 Å². The van der Waals surface area contributed by atoms with Gasteiger partial charge in [0.2, 0.25) is 5.91 Å². The molecule has 82 valence electrons. The van der Waals surface area contributed by atoms with Crippen LogP contribution in [0, 0.1) is 0 Å². The summed E-state index contributed by atoms with van der Waals surface area (Å²) in [5.74, 6) is 0.805. The molecule has 0 atom stereocenters. The summed E-state index contributed by atoms with van der Waals surface area (Å²) in [6.07, 6.45) is 2.92. The first-order valence-corrected chi connectivity index (χ1v) is 4.68. The second-order valence-corrected chi connectivity index (χ2v) is 3.40. The highest BCUT2D eigenvalue weighted by Gasteiger charge is 2.02. The van der Waals surface area contributed by atoms with Crippen molar-refractivity contribution in [2.45, 2.75) is 19.9 Å². The Labute approximate surface area is 88.3 Å². The average Bonchev–Trinajstić information content (AvgIpc) is 2.16. The fourth-order valence-corrected chi connectivity index (χ4v) is 0.973. The Morgan fingerprint density at radius 2 is 2.20 bits per heavy atom. The minimum Gasteiger partial charge on any atom is -0.382 e. The molecule has 0 aromatic carbocycles. The lowest BCUT2D eigenvalue weighted by Crippen LogP contribution is -2.34. The van der Waals surface area contributed by atoms with Crippen LogP contribution in [0.5, 0.6) is 0 Å². The molecule has 1 aromatic rings. The van der Waals surface area contributed by atoms with E-state index in [2.05, 4.69) is 20.6 Å². The van der Waals surface area contributed by atoms with E-state index in [0.29, 0.717) is 11.6 Å². The fraction of sp³-hybridized carbons (Fsp3) is 0.444. The molecule has 6 nitrogen and oxygen atoms in total. The van der Waals surface area contributed by atoms with Gasteiger partial charge in [0.1, 0.15) is 11.6 Å². The van der Waals surface area contributed by atoms with Gasteiger partial charge in [-0.25, -0.2) is 9.97 Å². The molecule has 0 spiro atoms. The molecule has 6 heteroatoms. The highest BCUT2D eigenvalue weighted by Crippen LogP contribution is 2.00. The molecule has 0 aliphatic carbocycles. The summed E-state index contributed by atoms with van der Waals surface area (Å²) in [4.78, 5) is 19.0. The standard InChI is InChI=1S/C9H15N5O/c1-6(2)14-9(15)5-13-8-4-11-7(10)3-12-8/h3-4,6H,5H2,1-2H3,(H2,10,11)(H,12,13)(H,14,15). The molecule has 0 saturated carbocycles. The second kappa shape index (κ2) is 5.14. The van der Waals surface area contributed by atoms with E-state index in [0.717, 1.165) is 0 Å². The molecular weight excluding hydrogens is 194 g/mol. The van der Waals surface area contributed by atoms with Crippen molar-refractivity contribution < 1.29 is 4.79 Å². The lowest BCUT2D eigenvalue weighted by molar-refractivity contribution is -0.119. The average molecular weight is 209 g/mol. The van der Waals surface area contributed by atoms with E-state index < -0.39 is 0 Å². The number of amides is 1. The fourth-order valence-electron chi connectivity index (χ4n) is 0.973. The van der Waals surface area contributed by atoms with Gasteiger partial charge >= 0.3 is 0 Å². The number of nitrogens with zero attached hydrogens (tertiary/aromatic N) is 2. The van der Waals surface area contributed by atoms with Crippen LogP contribution in [0.25, 0.3) is 0 Å². The van der Waals surface area contributed by atoms with Gasteiger partial charge in [0, 0.05) is 6.04 Å². The molecule has 1 aromatic heterocycles. The van der Waals surface area contributed by atoms with Gasteiger partial charge in [-0.1, -0.05) is 0 Å². The highest BCUT2D eigenvalue weighted by atomic mass is 16.1. The molecule has 0 bridgehead atoms. The predicted octanol–water partition coefficient (Wildman–Crippen LogP) is -0.00470. The monoisotopic (exact) mass is 209 g/mol. The Hall–Kier alpha value is -1.85. The van der Waals surface area contributed by atoms with Gasteiger partial charge in [-0.15, -0.1) is 0 Å². The molecule has 0 fully saturated rings. The van der Waals surface area contributed by atoms with E-state index >= 15 is 0 Å². The minimum atomic E-state index is -0.0800.